The smallest absolute Gasteiger partial charge is 0.265 e. The second-order valence-corrected chi connectivity index (χ2v) is 13.7. The molecule has 0 aliphatic rings. The standard InChI is InChI=1S/C24H46N4O5S2/c1-22(2,18-24(5,19-23(3,4)25-6)21(30)27-13-10-16-34)20(29)26-12-9-14-28(7,8)15-11-17-35(31,32)33/h9-19H2,1-5,7-8H3,(H3-,26,27,29,30,31,32,33,34)/p+1. The first-order valence-electron chi connectivity index (χ1n) is 12.1. The maximum absolute atomic E-state index is 13.1. The Morgan fingerprint density at radius 3 is 1.97 bits per heavy atom. The molecule has 0 fully saturated rings. The van der Waals surface area contributed by atoms with E-state index in [1.165, 1.54) is 0 Å². The summed E-state index contributed by atoms with van der Waals surface area (Å²) < 4.78 is 31.3. The molecular weight excluding hydrogens is 488 g/mol. The van der Waals surface area contributed by atoms with Crippen LogP contribution in [-0.2, 0) is 19.7 Å². The Hall–Kier alpha value is -1.35. The minimum atomic E-state index is -3.96. The number of nitrogens with zero attached hydrogens (tertiary/aromatic N) is 2. The van der Waals surface area contributed by atoms with Crippen LogP contribution in [0.15, 0.2) is 0 Å². The zero-order valence-electron chi connectivity index (χ0n) is 22.6. The molecule has 2 amide bonds. The molecule has 0 heterocycles. The average Bonchev–Trinajstić information content (AvgIpc) is 2.69. The Labute approximate surface area is 218 Å². The van der Waals surface area contributed by atoms with Crippen LogP contribution in [0, 0.1) is 17.4 Å². The fourth-order valence-corrected chi connectivity index (χ4v) is 5.15. The van der Waals surface area contributed by atoms with Crippen molar-refractivity contribution in [1.29, 1.82) is 0 Å². The Morgan fingerprint density at radius 1 is 0.943 bits per heavy atom. The van der Waals surface area contributed by atoms with E-state index in [9.17, 15) is 18.0 Å². The monoisotopic (exact) mass is 535 g/mol. The Kier molecular flexibility index (Phi) is 13.3. The zero-order valence-corrected chi connectivity index (χ0v) is 24.3. The lowest BCUT2D eigenvalue weighted by molar-refractivity contribution is -0.890. The summed E-state index contributed by atoms with van der Waals surface area (Å²) in [5, 5.41) is 5.93. The van der Waals surface area contributed by atoms with Crippen LogP contribution in [0.1, 0.15) is 66.7 Å². The molecule has 1 atom stereocenters. The molecule has 0 spiro atoms. The number of hydrogen-bond donors (Lipinski definition) is 4. The topological polar surface area (TPSA) is 117 Å². The lowest BCUT2D eigenvalue weighted by Gasteiger charge is -2.37. The fraction of sp³-hybridized carbons (Fsp3) is 0.875. The predicted octanol–water partition coefficient (Wildman–Crippen LogP) is 2.79. The van der Waals surface area contributed by atoms with Gasteiger partial charge in [-0.05, 0) is 18.6 Å². The summed E-state index contributed by atoms with van der Waals surface area (Å²) in [7, 11) is 0.00168. The van der Waals surface area contributed by atoms with Crippen molar-refractivity contribution in [2.24, 2.45) is 10.8 Å². The highest BCUT2D eigenvalue weighted by Crippen LogP contribution is 2.41. The van der Waals surface area contributed by atoms with Gasteiger partial charge in [0.1, 0.15) is 0 Å². The molecule has 204 valence electrons. The van der Waals surface area contributed by atoms with Crippen molar-refractivity contribution in [2.45, 2.75) is 72.3 Å². The number of thiol groups is 1. The molecule has 0 aliphatic heterocycles. The maximum Gasteiger partial charge on any atom is 0.265 e. The molecule has 11 heteroatoms. The van der Waals surface area contributed by atoms with E-state index in [1.54, 1.807) is 0 Å². The molecule has 35 heavy (non-hydrogen) atoms. The van der Waals surface area contributed by atoms with Crippen molar-refractivity contribution in [3.8, 4) is 0 Å². The number of quaternary nitrogens is 1. The summed E-state index contributed by atoms with van der Waals surface area (Å²) in [6, 6.07) is 0. The van der Waals surface area contributed by atoms with E-state index < -0.39 is 26.5 Å². The molecule has 9 nitrogen and oxygen atoms in total. The number of nitrogens with one attached hydrogen (secondary N) is 2. The van der Waals surface area contributed by atoms with Crippen LogP contribution in [0.5, 0.6) is 0 Å². The first-order valence-corrected chi connectivity index (χ1v) is 14.4. The van der Waals surface area contributed by atoms with Crippen molar-refractivity contribution < 1.29 is 27.0 Å². The first-order chi connectivity index (χ1) is 15.8. The number of carbonyl (C=O) groups excluding carboxylic acids is 2. The van der Waals surface area contributed by atoms with Crippen LogP contribution in [0.2, 0.25) is 0 Å². The molecule has 0 radical (unpaired) electrons. The summed E-state index contributed by atoms with van der Waals surface area (Å²) in [5.41, 5.74) is -2.45. The van der Waals surface area contributed by atoms with Crippen LogP contribution >= 0.6 is 12.6 Å². The van der Waals surface area contributed by atoms with Gasteiger partial charge in [-0.2, -0.15) is 21.0 Å². The second-order valence-electron chi connectivity index (χ2n) is 11.7. The van der Waals surface area contributed by atoms with Crippen molar-refractivity contribution in [2.75, 3.05) is 51.8 Å². The van der Waals surface area contributed by atoms with Gasteiger partial charge in [0, 0.05) is 51.6 Å². The van der Waals surface area contributed by atoms with Crippen molar-refractivity contribution in [3.63, 3.8) is 0 Å². The second kappa shape index (κ2) is 13.8. The molecule has 0 aromatic heterocycles. The van der Waals surface area contributed by atoms with Gasteiger partial charge in [0.2, 0.25) is 17.4 Å². The van der Waals surface area contributed by atoms with Gasteiger partial charge in [0.15, 0.2) is 0 Å². The quantitative estimate of drug-likeness (QED) is 0.0751. The van der Waals surface area contributed by atoms with Crippen LogP contribution in [0.3, 0.4) is 0 Å². The largest absolute Gasteiger partial charge is 0.356 e. The summed E-state index contributed by atoms with van der Waals surface area (Å²) >= 11 is 4.18. The Bertz CT molecular complexity index is 850. The van der Waals surface area contributed by atoms with Gasteiger partial charge in [-0.25, -0.2) is 6.57 Å². The van der Waals surface area contributed by atoms with E-state index in [-0.39, 0.29) is 17.6 Å². The minimum absolute atomic E-state index is 0.149. The minimum Gasteiger partial charge on any atom is -0.356 e. The van der Waals surface area contributed by atoms with E-state index in [2.05, 4.69) is 28.1 Å². The third-order valence-corrected chi connectivity index (χ3v) is 7.25. The van der Waals surface area contributed by atoms with Gasteiger partial charge < -0.3 is 20.0 Å². The highest BCUT2D eigenvalue weighted by Gasteiger charge is 2.47. The predicted molar refractivity (Wildman–Crippen MR) is 144 cm³/mol. The van der Waals surface area contributed by atoms with Crippen LogP contribution in [0.4, 0.5) is 0 Å². The van der Waals surface area contributed by atoms with Gasteiger partial charge in [-0.15, -0.1) is 0 Å². The molecule has 0 aliphatic carbocycles. The summed E-state index contributed by atoms with van der Waals surface area (Å²) in [4.78, 5) is 29.9. The van der Waals surface area contributed by atoms with Crippen molar-refractivity contribution in [3.05, 3.63) is 11.4 Å². The van der Waals surface area contributed by atoms with E-state index in [1.807, 2.05) is 48.7 Å². The van der Waals surface area contributed by atoms with Gasteiger partial charge >= 0.3 is 0 Å². The third kappa shape index (κ3) is 14.1. The van der Waals surface area contributed by atoms with E-state index >= 15 is 0 Å². The highest BCUT2D eigenvalue weighted by molar-refractivity contribution is 7.85. The van der Waals surface area contributed by atoms with Gasteiger partial charge in [0.25, 0.3) is 10.1 Å². The van der Waals surface area contributed by atoms with Crippen LogP contribution in [0.25, 0.3) is 4.85 Å². The van der Waals surface area contributed by atoms with E-state index in [0.717, 1.165) is 13.0 Å². The lowest BCUT2D eigenvalue weighted by Crippen LogP contribution is -2.49. The van der Waals surface area contributed by atoms with Gasteiger partial charge in [-0.3, -0.25) is 14.1 Å². The third-order valence-electron chi connectivity index (χ3n) is 6.13. The molecule has 0 saturated heterocycles. The van der Waals surface area contributed by atoms with E-state index in [0.29, 0.717) is 55.6 Å². The van der Waals surface area contributed by atoms with Crippen molar-refractivity contribution >= 4 is 34.6 Å². The Balaban J connectivity index is 5.06. The normalized spacial score (nSPS) is 14.6. The Morgan fingerprint density at radius 2 is 1.46 bits per heavy atom. The number of amides is 2. The zero-order chi connectivity index (χ0) is 27.6. The molecule has 1 unspecified atom stereocenters. The summed E-state index contributed by atoms with van der Waals surface area (Å²) in [6.07, 6.45) is 2.44. The molecule has 0 bridgehead atoms. The molecular formula is C24H47N4O5S2+. The molecule has 0 aromatic carbocycles. The highest BCUT2D eigenvalue weighted by atomic mass is 32.2. The summed E-state index contributed by atoms with van der Waals surface area (Å²) in [6.45, 7) is 18.9. The lowest BCUT2D eigenvalue weighted by atomic mass is 9.67. The van der Waals surface area contributed by atoms with Gasteiger partial charge in [-0.1, -0.05) is 20.8 Å². The molecule has 0 aromatic rings. The van der Waals surface area contributed by atoms with Crippen LogP contribution < -0.4 is 10.6 Å². The number of carbonyl (C=O) groups is 2. The summed E-state index contributed by atoms with van der Waals surface area (Å²) in [5.74, 6) is 0.101. The van der Waals surface area contributed by atoms with E-state index in [4.69, 9.17) is 11.1 Å². The molecule has 0 saturated carbocycles. The fourth-order valence-electron chi connectivity index (χ4n) is 4.50. The number of hydrogen-bond acceptors (Lipinski definition) is 5. The molecule has 0 rings (SSSR count). The maximum atomic E-state index is 13.1. The molecule has 3 N–H and O–H groups in total. The van der Waals surface area contributed by atoms with Gasteiger partial charge in [0.05, 0.1) is 38.4 Å². The number of rotatable bonds is 17. The average molecular weight is 536 g/mol. The SMILES string of the molecule is [C-]#[N+]C(C)(C)CC(C)(CC(C)(C)C(=O)NCCC[N+](C)(C)CCCS(=O)(=O)O)C(=O)NCCCS. The van der Waals surface area contributed by atoms with Crippen LogP contribution in [-0.4, -0.2) is 86.6 Å². The first kappa shape index (κ1) is 33.7. The van der Waals surface area contributed by atoms with Crippen molar-refractivity contribution in [1.82, 2.24) is 10.6 Å².